The van der Waals surface area contributed by atoms with Crippen LogP contribution in [0.3, 0.4) is 0 Å². The van der Waals surface area contributed by atoms with Crippen molar-refractivity contribution in [1.29, 1.82) is 5.26 Å². The summed E-state index contributed by atoms with van der Waals surface area (Å²) in [7, 11) is 0. The summed E-state index contributed by atoms with van der Waals surface area (Å²) in [6.45, 7) is 0. The lowest BCUT2D eigenvalue weighted by molar-refractivity contribution is -0.154. The smallest absolute Gasteiger partial charge is 0.303 e. The molecule has 0 radical (unpaired) electrons. The van der Waals surface area contributed by atoms with E-state index in [0.717, 1.165) is 23.8 Å². The van der Waals surface area contributed by atoms with Crippen molar-refractivity contribution in [3.63, 3.8) is 0 Å². The van der Waals surface area contributed by atoms with Crippen molar-refractivity contribution in [2.45, 2.75) is 44.9 Å². The summed E-state index contributed by atoms with van der Waals surface area (Å²) in [5.74, 6) is 2.03. The first-order valence-corrected chi connectivity index (χ1v) is 8.80. The van der Waals surface area contributed by atoms with Crippen molar-refractivity contribution in [3.05, 3.63) is 35.4 Å². The number of rotatable bonds is 4. The Morgan fingerprint density at radius 3 is 2.30 bits per heavy atom. The molecule has 4 saturated carbocycles. The topological polar surface area (TPSA) is 61.1 Å². The van der Waals surface area contributed by atoms with Gasteiger partial charge in [0.1, 0.15) is 0 Å². The number of carboxylic acid groups (broad SMARTS) is 1. The van der Waals surface area contributed by atoms with Crippen LogP contribution in [-0.2, 0) is 11.2 Å². The van der Waals surface area contributed by atoms with E-state index in [0.29, 0.717) is 17.4 Å². The first-order valence-electron chi connectivity index (χ1n) is 8.80. The van der Waals surface area contributed by atoms with E-state index >= 15 is 0 Å². The number of carboxylic acids is 1. The van der Waals surface area contributed by atoms with Gasteiger partial charge < -0.3 is 5.11 Å². The fourth-order valence-electron chi connectivity index (χ4n) is 6.18. The van der Waals surface area contributed by atoms with Crippen molar-refractivity contribution in [2.75, 3.05) is 0 Å². The molecule has 3 nitrogen and oxygen atoms in total. The summed E-state index contributed by atoms with van der Waals surface area (Å²) >= 11 is 0. The zero-order valence-electron chi connectivity index (χ0n) is 13.4. The zero-order chi connectivity index (χ0) is 16.0. The summed E-state index contributed by atoms with van der Waals surface area (Å²) in [4.78, 5) is 11.7. The van der Waals surface area contributed by atoms with Crippen molar-refractivity contribution in [1.82, 2.24) is 0 Å². The van der Waals surface area contributed by atoms with Gasteiger partial charge in [-0.3, -0.25) is 4.79 Å². The standard InChI is InChI=1S/C20H23NO2/c21-12-16-4-2-1-3-15(16)10-20(11-19(22)23)17-6-13-5-14(8-17)9-18(20)7-13/h1-4,13-14,17-18H,5-11H2,(H,22,23). The maximum Gasteiger partial charge on any atom is 0.303 e. The van der Waals surface area contributed by atoms with Crippen LogP contribution in [0.4, 0.5) is 0 Å². The summed E-state index contributed by atoms with van der Waals surface area (Å²) < 4.78 is 0. The molecule has 23 heavy (non-hydrogen) atoms. The Morgan fingerprint density at radius 1 is 1.13 bits per heavy atom. The van der Waals surface area contributed by atoms with Gasteiger partial charge in [0.05, 0.1) is 18.1 Å². The molecule has 120 valence electrons. The van der Waals surface area contributed by atoms with Crippen molar-refractivity contribution >= 4 is 5.97 Å². The van der Waals surface area contributed by atoms with Crippen LogP contribution in [0.2, 0.25) is 0 Å². The number of aliphatic carboxylic acids is 1. The van der Waals surface area contributed by atoms with Crippen LogP contribution in [0.25, 0.3) is 0 Å². The summed E-state index contributed by atoms with van der Waals surface area (Å²) in [6, 6.07) is 10.0. The molecule has 0 saturated heterocycles. The van der Waals surface area contributed by atoms with Gasteiger partial charge in [0, 0.05) is 0 Å². The predicted octanol–water partition coefficient (Wildman–Crippen LogP) is 4.02. The molecule has 4 bridgehead atoms. The van der Waals surface area contributed by atoms with Gasteiger partial charge in [-0.05, 0) is 79.2 Å². The van der Waals surface area contributed by atoms with Crippen LogP contribution in [0.5, 0.6) is 0 Å². The van der Waals surface area contributed by atoms with Crippen LogP contribution in [0.15, 0.2) is 24.3 Å². The Morgan fingerprint density at radius 2 is 1.74 bits per heavy atom. The molecule has 0 unspecified atom stereocenters. The molecule has 0 atom stereocenters. The molecule has 1 N–H and O–H groups in total. The van der Waals surface area contributed by atoms with Crippen molar-refractivity contribution in [3.8, 4) is 6.07 Å². The number of benzene rings is 1. The van der Waals surface area contributed by atoms with Gasteiger partial charge in [0.15, 0.2) is 0 Å². The molecule has 1 aromatic rings. The van der Waals surface area contributed by atoms with E-state index in [1.165, 1.54) is 32.1 Å². The molecule has 0 spiro atoms. The van der Waals surface area contributed by atoms with E-state index in [9.17, 15) is 15.2 Å². The molecule has 0 amide bonds. The lowest BCUT2D eigenvalue weighted by Gasteiger charge is -2.61. The fourth-order valence-corrected chi connectivity index (χ4v) is 6.18. The SMILES string of the molecule is N#Cc1ccccc1CC1(CC(=O)O)C2CC3CC(C2)CC1C3. The number of nitriles is 1. The second-order valence-electron chi connectivity index (χ2n) is 8.05. The third-order valence-corrected chi connectivity index (χ3v) is 6.90. The van der Waals surface area contributed by atoms with Gasteiger partial charge in [-0.1, -0.05) is 18.2 Å². The second kappa shape index (κ2) is 5.37. The molecule has 3 heteroatoms. The van der Waals surface area contributed by atoms with E-state index in [1.54, 1.807) is 0 Å². The Balaban J connectivity index is 1.73. The van der Waals surface area contributed by atoms with Crippen LogP contribution in [0, 0.1) is 40.4 Å². The van der Waals surface area contributed by atoms with Gasteiger partial charge in [-0.2, -0.15) is 5.26 Å². The highest BCUT2D eigenvalue weighted by Gasteiger charge is 2.57. The number of nitrogens with zero attached hydrogens (tertiary/aromatic N) is 1. The third kappa shape index (κ3) is 2.36. The first-order chi connectivity index (χ1) is 11.1. The molecule has 0 aliphatic heterocycles. The summed E-state index contributed by atoms with van der Waals surface area (Å²) in [5.41, 5.74) is 1.63. The van der Waals surface area contributed by atoms with E-state index in [-0.39, 0.29) is 11.8 Å². The number of hydrogen-bond acceptors (Lipinski definition) is 2. The lowest BCUT2D eigenvalue weighted by atomic mass is 9.43. The number of carbonyl (C=O) groups is 1. The molecular formula is C20H23NO2. The van der Waals surface area contributed by atoms with Crippen LogP contribution >= 0.6 is 0 Å². The fraction of sp³-hybridized carbons (Fsp3) is 0.600. The van der Waals surface area contributed by atoms with Crippen LogP contribution < -0.4 is 0 Å². The Bertz CT molecular complexity index is 644. The molecule has 4 aliphatic carbocycles. The van der Waals surface area contributed by atoms with E-state index < -0.39 is 5.97 Å². The van der Waals surface area contributed by atoms with Gasteiger partial charge >= 0.3 is 5.97 Å². The Kier molecular flexibility index (Phi) is 3.44. The van der Waals surface area contributed by atoms with Crippen molar-refractivity contribution < 1.29 is 9.90 Å². The maximum absolute atomic E-state index is 11.7. The molecule has 0 aromatic heterocycles. The predicted molar refractivity (Wildman–Crippen MR) is 86.6 cm³/mol. The van der Waals surface area contributed by atoms with E-state index in [4.69, 9.17) is 0 Å². The Labute approximate surface area is 137 Å². The third-order valence-electron chi connectivity index (χ3n) is 6.90. The van der Waals surface area contributed by atoms with E-state index in [2.05, 4.69) is 6.07 Å². The summed E-state index contributed by atoms with van der Waals surface area (Å²) in [5, 5.41) is 19.0. The summed E-state index contributed by atoms with van der Waals surface area (Å²) in [6.07, 6.45) is 7.21. The van der Waals surface area contributed by atoms with Gasteiger partial charge in [-0.25, -0.2) is 0 Å². The molecular weight excluding hydrogens is 286 g/mol. The average molecular weight is 309 g/mol. The van der Waals surface area contributed by atoms with Crippen LogP contribution in [-0.4, -0.2) is 11.1 Å². The minimum Gasteiger partial charge on any atom is -0.481 e. The van der Waals surface area contributed by atoms with Crippen molar-refractivity contribution in [2.24, 2.45) is 29.1 Å². The minimum atomic E-state index is -0.674. The highest BCUT2D eigenvalue weighted by atomic mass is 16.4. The monoisotopic (exact) mass is 309 g/mol. The van der Waals surface area contributed by atoms with Gasteiger partial charge in [0.2, 0.25) is 0 Å². The molecule has 1 aromatic carbocycles. The molecule has 5 rings (SSSR count). The average Bonchev–Trinajstić information content (AvgIpc) is 2.51. The van der Waals surface area contributed by atoms with Gasteiger partial charge in [-0.15, -0.1) is 0 Å². The van der Waals surface area contributed by atoms with Crippen LogP contribution in [0.1, 0.15) is 49.7 Å². The first kappa shape index (κ1) is 14.8. The highest BCUT2D eigenvalue weighted by Crippen LogP contribution is 2.64. The zero-order valence-corrected chi connectivity index (χ0v) is 13.4. The highest BCUT2D eigenvalue weighted by molar-refractivity contribution is 5.68. The molecule has 4 fully saturated rings. The second-order valence-corrected chi connectivity index (χ2v) is 8.05. The normalized spacial score (nSPS) is 37.5. The molecule has 0 heterocycles. The number of hydrogen-bond donors (Lipinski definition) is 1. The minimum absolute atomic E-state index is 0.133. The molecule has 4 aliphatic rings. The van der Waals surface area contributed by atoms with Gasteiger partial charge in [0.25, 0.3) is 0 Å². The largest absolute Gasteiger partial charge is 0.481 e. The quantitative estimate of drug-likeness (QED) is 0.913. The lowest BCUT2D eigenvalue weighted by Crippen LogP contribution is -2.54. The maximum atomic E-state index is 11.7. The Hall–Kier alpha value is -1.82. The van der Waals surface area contributed by atoms with E-state index in [1.807, 2.05) is 24.3 Å².